The summed E-state index contributed by atoms with van der Waals surface area (Å²) in [4.78, 5) is 4.83. The zero-order valence-electron chi connectivity index (χ0n) is 18.5. The Hall–Kier alpha value is -4.05. The summed E-state index contributed by atoms with van der Waals surface area (Å²) < 4.78 is 14.5. The van der Waals surface area contributed by atoms with Crippen LogP contribution < -0.4 is 9.47 Å². The number of allylic oxidation sites excluding steroid dienone is 1. The van der Waals surface area contributed by atoms with E-state index in [4.69, 9.17) is 14.5 Å². The van der Waals surface area contributed by atoms with Gasteiger partial charge in [-0.2, -0.15) is 0 Å². The van der Waals surface area contributed by atoms with Crippen LogP contribution in [-0.2, 0) is 19.6 Å². The highest BCUT2D eigenvalue weighted by Crippen LogP contribution is 2.23. The molecule has 0 radical (unpaired) electrons. The number of rotatable bonds is 9. The van der Waals surface area contributed by atoms with Gasteiger partial charge in [0.1, 0.15) is 30.5 Å². The molecule has 0 saturated carbocycles. The quantitative estimate of drug-likeness (QED) is 0.246. The molecule has 0 unspecified atom stereocenters. The number of hydrogen-bond donors (Lipinski definition) is 0. The standard InChI is InChI=1S/C29H26N2O2/c1-2-9-23-11-5-8-15-28(23)32-19-18-31-27-14-7-6-13-26(27)30-29(31)21-33-25-17-16-22-10-3-4-12-24(22)20-25/h2-8,10-17,20H,1,9,18-19,21H2. The molecule has 4 nitrogen and oxygen atoms in total. The first-order valence-corrected chi connectivity index (χ1v) is 11.2. The topological polar surface area (TPSA) is 36.3 Å². The predicted molar refractivity (Wildman–Crippen MR) is 134 cm³/mol. The Morgan fingerprint density at radius 2 is 1.61 bits per heavy atom. The van der Waals surface area contributed by atoms with Crippen LogP contribution in [0.4, 0.5) is 0 Å². The van der Waals surface area contributed by atoms with Crippen molar-refractivity contribution in [1.82, 2.24) is 9.55 Å². The van der Waals surface area contributed by atoms with Gasteiger partial charge in [0.25, 0.3) is 0 Å². The monoisotopic (exact) mass is 434 g/mol. The first kappa shape index (κ1) is 20.8. The Kier molecular flexibility index (Phi) is 6.07. The molecule has 0 amide bonds. The minimum Gasteiger partial charge on any atom is -0.491 e. The summed E-state index contributed by atoms with van der Waals surface area (Å²) in [7, 11) is 0. The Labute approximate surface area is 193 Å². The van der Waals surface area contributed by atoms with Crippen molar-refractivity contribution < 1.29 is 9.47 Å². The van der Waals surface area contributed by atoms with E-state index in [0.717, 1.165) is 45.7 Å². The van der Waals surface area contributed by atoms with Crippen LogP contribution in [0.15, 0.2) is 104 Å². The van der Waals surface area contributed by atoms with Crippen LogP contribution in [0.3, 0.4) is 0 Å². The highest BCUT2D eigenvalue weighted by Gasteiger charge is 2.12. The van der Waals surface area contributed by atoms with E-state index < -0.39 is 0 Å². The molecular formula is C29H26N2O2. The lowest BCUT2D eigenvalue weighted by molar-refractivity contribution is 0.271. The van der Waals surface area contributed by atoms with Gasteiger partial charge in [0.2, 0.25) is 0 Å². The fraction of sp³-hybridized carbons (Fsp3) is 0.138. The Balaban J connectivity index is 1.34. The van der Waals surface area contributed by atoms with Crippen molar-refractivity contribution in [3.05, 3.63) is 115 Å². The predicted octanol–water partition coefficient (Wildman–Crippen LogP) is 6.58. The Morgan fingerprint density at radius 3 is 2.52 bits per heavy atom. The molecule has 0 fully saturated rings. The van der Waals surface area contributed by atoms with Crippen molar-refractivity contribution in [3.63, 3.8) is 0 Å². The van der Waals surface area contributed by atoms with Gasteiger partial charge in [-0.3, -0.25) is 0 Å². The molecule has 5 rings (SSSR count). The van der Waals surface area contributed by atoms with Gasteiger partial charge < -0.3 is 14.0 Å². The average Bonchev–Trinajstić information content (AvgIpc) is 3.21. The van der Waals surface area contributed by atoms with E-state index in [9.17, 15) is 0 Å². The van der Waals surface area contributed by atoms with Crippen LogP contribution in [0.5, 0.6) is 11.5 Å². The molecule has 1 aromatic heterocycles. The molecule has 5 aromatic rings. The Bertz CT molecular complexity index is 1400. The second kappa shape index (κ2) is 9.61. The third-order valence-corrected chi connectivity index (χ3v) is 5.73. The third kappa shape index (κ3) is 4.60. The number of imidazole rings is 1. The van der Waals surface area contributed by atoms with Crippen molar-refractivity contribution in [2.45, 2.75) is 19.6 Å². The van der Waals surface area contributed by atoms with Crippen molar-refractivity contribution in [2.24, 2.45) is 0 Å². The van der Waals surface area contributed by atoms with Crippen LogP contribution in [-0.4, -0.2) is 16.2 Å². The number of benzene rings is 4. The van der Waals surface area contributed by atoms with E-state index >= 15 is 0 Å². The SMILES string of the molecule is C=CCc1ccccc1OCCn1c(COc2ccc3ccccc3c2)nc2ccccc21. The lowest BCUT2D eigenvalue weighted by Gasteiger charge is -2.13. The molecule has 0 aliphatic heterocycles. The van der Waals surface area contributed by atoms with Gasteiger partial charge in [-0.25, -0.2) is 4.98 Å². The number of fused-ring (bicyclic) bond motifs is 2. The summed E-state index contributed by atoms with van der Waals surface area (Å²) in [5.41, 5.74) is 3.18. The first-order valence-electron chi connectivity index (χ1n) is 11.2. The molecule has 0 bridgehead atoms. The number of ether oxygens (including phenoxy) is 2. The van der Waals surface area contributed by atoms with E-state index in [1.807, 2.05) is 60.7 Å². The van der Waals surface area contributed by atoms with Gasteiger partial charge in [0.15, 0.2) is 0 Å². The fourth-order valence-electron chi connectivity index (χ4n) is 4.11. The number of nitrogens with zero attached hydrogens (tertiary/aromatic N) is 2. The molecule has 4 heteroatoms. The van der Waals surface area contributed by atoms with Gasteiger partial charge >= 0.3 is 0 Å². The summed E-state index contributed by atoms with van der Waals surface area (Å²) in [5, 5.41) is 2.36. The zero-order chi connectivity index (χ0) is 22.5. The van der Waals surface area contributed by atoms with Crippen molar-refractivity contribution in [3.8, 4) is 11.5 Å². The maximum atomic E-state index is 6.15. The molecule has 0 saturated heterocycles. The summed E-state index contributed by atoms with van der Waals surface area (Å²) in [6.45, 7) is 5.45. The number of hydrogen-bond acceptors (Lipinski definition) is 3. The van der Waals surface area contributed by atoms with E-state index in [1.165, 1.54) is 5.39 Å². The normalized spacial score (nSPS) is 11.0. The lowest BCUT2D eigenvalue weighted by Crippen LogP contribution is -2.13. The smallest absolute Gasteiger partial charge is 0.148 e. The largest absolute Gasteiger partial charge is 0.491 e. The molecule has 0 aliphatic carbocycles. The van der Waals surface area contributed by atoms with Gasteiger partial charge in [-0.1, -0.05) is 66.7 Å². The Morgan fingerprint density at radius 1 is 0.818 bits per heavy atom. The average molecular weight is 435 g/mol. The summed E-state index contributed by atoms with van der Waals surface area (Å²) in [6, 6.07) is 30.7. The van der Waals surface area contributed by atoms with Gasteiger partial charge in [0, 0.05) is 0 Å². The molecule has 4 aromatic carbocycles. The van der Waals surface area contributed by atoms with E-state index in [0.29, 0.717) is 19.8 Å². The molecule has 0 spiro atoms. The van der Waals surface area contributed by atoms with E-state index in [-0.39, 0.29) is 0 Å². The van der Waals surface area contributed by atoms with E-state index in [1.54, 1.807) is 0 Å². The van der Waals surface area contributed by atoms with E-state index in [2.05, 4.69) is 47.5 Å². The number of para-hydroxylation sites is 3. The molecule has 0 aliphatic rings. The summed E-state index contributed by atoms with van der Waals surface area (Å²) in [6.07, 6.45) is 2.68. The minimum atomic E-state index is 0.389. The van der Waals surface area contributed by atoms with Gasteiger partial charge in [0.05, 0.1) is 17.6 Å². The molecular weight excluding hydrogens is 408 g/mol. The summed E-state index contributed by atoms with van der Waals surface area (Å²) >= 11 is 0. The second-order valence-corrected chi connectivity index (χ2v) is 7.91. The van der Waals surface area contributed by atoms with Crippen molar-refractivity contribution in [2.75, 3.05) is 6.61 Å². The zero-order valence-corrected chi connectivity index (χ0v) is 18.5. The lowest BCUT2D eigenvalue weighted by atomic mass is 10.1. The highest BCUT2D eigenvalue weighted by atomic mass is 16.5. The highest BCUT2D eigenvalue weighted by molar-refractivity contribution is 5.83. The molecule has 33 heavy (non-hydrogen) atoms. The van der Waals surface area contributed by atoms with Crippen LogP contribution in [0, 0.1) is 0 Å². The minimum absolute atomic E-state index is 0.389. The van der Waals surface area contributed by atoms with Crippen molar-refractivity contribution >= 4 is 21.8 Å². The van der Waals surface area contributed by atoms with Gasteiger partial charge in [-0.15, -0.1) is 6.58 Å². The van der Waals surface area contributed by atoms with Crippen molar-refractivity contribution in [1.29, 1.82) is 0 Å². The van der Waals surface area contributed by atoms with Crippen LogP contribution in [0.25, 0.3) is 21.8 Å². The second-order valence-electron chi connectivity index (χ2n) is 7.91. The molecule has 0 N–H and O–H groups in total. The molecule has 1 heterocycles. The number of aromatic nitrogens is 2. The first-order chi connectivity index (χ1) is 16.3. The summed E-state index contributed by atoms with van der Waals surface area (Å²) in [5.74, 6) is 2.62. The molecule has 0 atom stereocenters. The van der Waals surface area contributed by atoms with Crippen LogP contribution >= 0.6 is 0 Å². The van der Waals surface area contributed by atoms with Crippen LogP contribution in [0.2, 0.25) is 0 Å². The van der Waals surface area contributed by atoms with Crippen LogP contribution in [0.1, 0.15) is 11.4 Å². The maximum Gasteiger partial charge on any atom is 0.148 e. The third-order valence-electron chi connectivity index (χ3n) is 5.73. The maximum absolute atomic E-state index is 6.15. The van der Waals surface area contributed by atoms with Gasteiger partial charge in [-0.05, 0) is 53.1 Å². The molecule has 164 valence electrons. The fourth-order valence-corrected chi connectivity index (χ4v) is 4.11.